The maximum atomic E-state index is 12.8. The molecular formula is C49H83N11O22. The summed E-state index contributed by atoms with van der Waals surface area (Å²) in [6.07, 6.45) is -1.44. The SMILES string of the molecule is C#CCOCCOCCOCCOCCN(CCOCCCNC(=O)CO[C@@H]([C@@H]1OC(C(=O)O)=C[C@H](NC(=N)N)[C@H]1NC(C)=O)[C@H](O)CO)CCOCCCNC(=O)CO[C@@H]([C@@H]1OC(C(=O)O)=C[C@H](NC(=N)N)[C@H]1NC(C)=O)[C@H](O)CO. The topological polar surface area (TPSA) is 491 Å². The number of hydrogen-bond donors (Lipinski definition) is 16. The summed E-state index contributed by atoms with van der Waals surface area (Å²) in [5.41, 5.74) is 11.0. The Morgan fingerprint density at radius 3 is 1.29 bits per heavy atom. The molecule has 2 rings (SSSR count). The van der Waals surface area contributed by atoms with Crippen LogP contribution in [0.15, 0.2) is 23.7 Å². The second kappa shape index (κ2) is 41.5. The van der Waals surface area contributed by atoms with Crippen LogP contribution < -0.4 is 43.4 Å². The molecule has 0 bridgehead atoms. The fourth-order valence-electron chi connectivity index (χ4n) is 7.90. The van der Waals surface area contributed by atoms with E-state index in [1.807, 2.05) is 4.90 Å². The average Bonchev–Trinajstić information content (AvgIpc) is 3.63. The van der Waals surface area contributed by atoms with Crippen LogP contribution in [0, 0.1) is 23.2 Å². The Bertz CT molecular complexity index is 1970. The number of aliphatic carboxylic acids is 2. The molecular weight excluding hydrogens is 1090 g/mol. The van der Waals surface area contributed by atoms with Gasteiger partial charge in [0.25, 0.3) is 0 Å². The lowest BCUT2D eigenvalue weighted by Gasteiger charge is -2.41. The molecule has 466 valence electrons. The van der Waals surface area contributed by atoms with Crippen molar-refractivity contribution in [3.8, 4) is 12.3 Å². The fraction of sp³-hybridized carbons (Fsp3) is 0.714. The van der Waals surface area contributed by atoms with Crippen LogP contribution in [0.3, 0.4) is 0 Å². The molecule has 0 aliphatic carbocycles. The van der Waals surface area contributed by atoms with Gasteiger partial charge in [0, 0.05) is 59.8 Å². The fourth-order valence-corrected chi connectivity index (χ4v) is 7.90. The molecule has 33 nitrogen and oxygen atoms in total. The van der Waals surface area contributed by atoms with Gasteiger partial charge in [-0.3, -0.25) is 34.9 Å². The third kappa shape index (κ3) is 29.5. The summed E-state index contributed by atoms with van der Waals surface area (Å²) < 4.78 is 56.0. The van der Waals surface area contributed by atoms with Crippen molar-refractivity contribution in [3.63, 3.8) is 0 Å². The van der Waals surface area contributed by atoms with Gasteiger partial charge in [0.15, 0.2) is 24.1 Å². The molecule has 10 atom stereocenters. The number of nitrogens with zero attached hydrogens (tertiary/aromatic N) is 1. The highest BCUT2D eigenvalue weighted by Crippen LogP contribution is 2.26. The molecule has 0 aromatic rings. The first-order valence-electron chi connectivity index (χ1n) is 26.2. The molecule has 0 saturated heterocycles. The number of carboxylic acids is 2. The lowest BCUT2D eigenvalue weighted by atomic mass is 9.91. The first kappa shape index (κ1) is 71.6. The highest BCUT2D eigenvalue weighted by Gasteiger charge is 2.47. The van der Waals surface area contributed by atoms with Crippen molar-refractivity contribution in [2.75, 3.05) is 138 Å². The Morgan fingerprint density at radius 2 is 0.963 bits per heavy atom. The highest BCUT2D eigenvalue weighted by molar-refractivity contribution is 5.86. The van der Waals surface area contributed by atoms with Crippen molar-refractivity contribution < 1.29 is 107 Å². The Morgan fingerprint density at radius 1 is 0.610 bits per heavy atom. The van der Waals surface area contributed by atoms with Crippen LogP contribution >= 0.6 is 0 Å². The number of rotatable bonds is 45. The van der Waals surface area contributed by atoms with E-state index in [2.05, 4.69) is 37.8 Å². The lowest BCUT2D eigenvalue weighted by Crippen LogP contribution is -2.64. The third-order valence-corrected chi connectivity index (χ3v) is 11.6. The van der Waals surface area contributed by atoms with Gasteiger partial charge in [-0.15, -0.1) is 6.42 Å². The first-order valence-corrected chi connectivity index (χ1v) is 26.2. The Labute approximate surface area is 474 Å². The lowest BCUT2D eigenvalue weighted by molar-refractivity contribution is -0.159. The van der Waals surface area contributed by atoms with Crippen LogP contribution in [-0.4, -0.2) is 282 Å². The summed E-state index contributed by atoms with van der Waals surface area (Å²) in [6, 6.07) is -4.60. The van der Waals surface area contributed by atoms with Crippen molar-refractivity contribution in [1.82, 2.24) is 36.8 Å². The minimum atomic E-state index is -1.71. The number of aliphatic hydroxyl groups excluding tert-OH is 4. The van der Waals surface area contributed by atoms with Crippen LogP contribution in [0.4, 0.5) is 0 Å². The number of hydrogen-bond acceptors (Lipinski definition) is 23. The number of carboxylic acid groups (broad SMARTS) is 2. The van der Waals surface area contributed by atoms with Crippen molar-refractivity contribution in [2.45, 2.75) is 87.5 Å². The molecule has 0 radical (unpaired) electrons. The zero-order valence-electron chi connectivity index (χ0n) is 46.1. The summed E-state index contributed by atoms with van der Waals surface area (Å²) in [7, 11) is 0. The second-order valence-corrected chi connectivity index (χ2v) is 18.1. The number of aliphatic hydroxyl groups is 4. The molecule has 82 heavy (non-hydrogen) atoms. The molecule has 2 aliphatic rings. The molecule has 0 unspecified atom stereocenters. The van der Waals surface area contributed by atoms with E-state index in [1.54, 1.807) is 0 Å². The minimum absolute atomic E-state index is 0.145. The van der Waals surface area contributed by atoms with E-state index in [9.17, 15) is 59.4 Å². The number of carbonyl (C=O) groups is 6. The molecule has 18 N–H and O–H groups in total. The number of guanidine groups is 2. The first-order chi connectivity index (χ1) is 39.2. The van der Waals surface area contributed by atoms with Crippen LogP contribution in [0.5, 0.6) is 0 Å². The van der Waals surface area contributed by atoms with E-state index in [1.165, 1.54) is 13.8 Å². The van der Waals surface area contributed by atoms with E-state index in [0.717, 1.165) is 12.2 Å². The van der Waals surface area contributed by atoms with Crippen LogP contribution in [0.1, 0.15) is 26.7 Å². The van der Waals surface area contributed by atoms with Crippen molar-refractivity contribution in [2.24, 2.45) is 11.5 Å². The van der Waals surface area contributed by atoms with Gasteiger partial charge in [0.2, 0.25) is 35.1 Å². The van der Waals surface area contributed by atoms with E-state index >= 15 is 0 Å². The smallest absolute Gasteiger partial charge is 0.370 e. The maximum Gasteiger partial charge on any atom is 0.370 e. The van der Waals surface area contributed by atoms with E-state index in [4.69, 9.17) is 76.1 Å². The quantitative estimate of drug-likeness (QED) is 0.0117. The highest BCUT2D eigenvalue weighted by atomic mass is 16.6. The summed E-state index contributed by atoms with van der Waals surface area (Å²) in [4.78, 5) is 75.8. The molecule has 0 fully saturated rings. The van der Waals surface area contributed by atoms with Crippen molar-refractivity contribution >= 4 is 47.5 Å². The largest absolute Gasteiger partial charge is 0.478 e. The molecule has 4 amide bonds. The average molecular weight is 1180 g/mol. The number of amides is 4. The summed E-state index contributed by atoms with van der Waals surface area (Å²) in [6.45, 7) is 4.72. The number of nitrogens with two attached hydrogens (primary N) is 2. The standard InChI is InChI=1S/C49H83N11O22/c1-4-12-73-18-20-77-22-23-78-21-19-76-17-11-60(9-15-74-13-5-7-54-38(67)28-79-42(34(65)26-61)44-40(56-30(2)63)32(58-48(50)51)24-36(81-44)46(69)70)10-16-75-14-6-8-55-39(68)29-80-43(35(66)27-62)45-41(57-31(3)64)33(59-49(52)53)25-37(82-45)47(71)72/h1,24-25,32-35,40-45,61-62,65-66H,5-23,26-29H2,2-3H3,(H,54,67)(H,55,68)(H,56,63)(H,57,64)(H,69,70)(H,71,72)(H4,50,51,58)(H4,52,53,59)/t32-,33-,34+,35+,40+,41+,42+,43+,44+,45+/m0/s1. The van der Waals surface area contributed by atoms with E-state index in [-0.39, 0.29) is 46.1 Å². The van der Waals surface area contributed by atoms with Gasteiger partial charge >= 0.3 is 11.9 Å². The van der Waals surface area contributed by atoms with Gasteiger partial charge in [-0.25, -0.2) is 9.59 Å². The molecule has 2 heterocycles. The number of ether oxygens (including phenoxy) is 10. The van der Waals surface area contributed by atoms with E-state index < -0.39 is 146 Å². The molecule has 0 spiro atoms. The number of nitrogens with one attached hydrogen (secondary N) is 8. The van der Waals surface area contributed by atoms with Gasteiger partial charge in [-0.05, 0) is 25.0 Å². The summed E-state index contributed by atoms with van der Waals surface area (Å²) in [5.74, 6) is -5.49. The third-order valence-electron chi connectivity index (χ3n) is 11.6. The zero-order chi connectivity index (χ0) is 60.8. The van der Waals surface area contributed by atoms with Gasteiger partial charge in [-0.2, -0.15) is 0 Å². The Kier molecular flexibility index (Phi) is 36.2. The Balaban J connectivity index is 1.89. The summed E-state index contributed by atoms with van der Waals surface area (Å²) >= 11 is 0. The molecule has 0 aromatic heterocycles. The van der Waals surface area contributed by atoms with Crippen LogP contribution in [0.25, 0.3) is 0 Å². The van der Waals surface area contributed by atoms with Crippen LogP contribution in [0.2, 0.25) is 0 Å². The number of terminal acetylenes is 1. The Hall–Kier alpha value is -6.52. The van der Waals surface area contributed by atoms with Crippen molar-refractivity contribution in [1.29, 1.82) is 10.8 Å². The second-order valence-electron chi connectivity index (χ2n) is 18.1. The maximum absolute atomic E-state index is 12.8. The predicted octanol–water partition coefficient (Wildman–Crippen LogP) is -7.04. The predicted molar refractivity (Wildman–Crippen MR) is 285 cm³/mol. The molecule has 0 saturated carbocycles. The number of carbonyl (C=O) groups excluding carboxylic acids is 4. The van der Waals surface area contributed by atoms with Gasteiger partial charge < -0.3 is 121 Å². The van der Waals surface area contributed by atoms with E-state index in [0.29, 0.717) is 78.7 Å². The zero-order valence-corrected chi connectivity index (χ0v) is 46.1. The normalized spacial score (nSPS) is 20.0. The van der Waals surface area contributed by atoms with Gasteiger partial charge in [0.1, 0.15) is 44.2 Å². The van der Waals surface area contributed by atoms with Gasteiger partial charge in [-0.1, -0.05) is 5.92 Å². The minimum Gasteiger partial charge on any atom is -0.478 e. The van der Waals surface area contributed by atoms with Crippen molar-refractivity contribution in [3.05, 3.63) is 23.7 Å². The summed E-state index contributed by atoms with van der Waals surface area (Å²) in [5, 5.41) is 91.1. The molecule has 2 aliphatic heterocycles. The molecule has 0 aromatic carbocycles. The monoisotopic (exact) mass is 1180 g/mol. The molecule has 33 heteroatoms. The van der Waals surface area contributed by atoms with Gasteiger partial charge in [0.05, 0.1) is 96.8 Å². The van der Waals surface area contributed by atoms with Crippen LogP contribution in [-0.2, 0) is 76.1 Å².